The predicted molar refractivity (Wildman–Crippen MR) is 107 cm³/mol. The molecule has 0 aliphatic carbocycles. The molecule has 1 aliphatic rings. The maximum Gasteiger partial charge on any atom is 0.254 e. The Bertz CT molecular complexity index is 1150. The van der Waals surface area contributed by atoms with Crippen LogP contribution in [0.25, 0.3) is 16.9 Å². The van der Waals surface area contributed by atoms with E-state index >= 15 is 0 Å². The lowest BCUT2D eigenvalue weighted by atomic mass is 10.1. The van der Waals surface area contributed by atoms with Gasteiger partial charge in [0.05, 0.1) is 11.0 Å². The van der Waals surface area contributed by atoms with E-state index in [2.05, 4.69) is 29.8 Å². The highest BCUT2D eigenvalue weighted by molar-refractivity contribution is 5.97. The number of piperazine rings is 1. The fraction of sp³-hybridized carbons (Fsp3) is 0.200. The summed E-state index contributed by atoms with van der Waals surface area (Å²) in [7, 11) is 0. The van der Waals surface area contributed by atoms with Crippen molar-refractivity contribution in [2.75, 3.05) is 31.1 Å². The second-order valence-corrected chi connectivity index (χ2v) is 6.74. The second kappa shape index (κ2) is 7.27. The van der Waals surface area contributed by atoms with E-state index in [1.165, 1.54) is 0 Å². The molecular weight excluding hydrogens is 368 g/mol. The minimum Gasteiger partial charge on any atom is -0.353 e. The zero-order valence-electron chi connectivity index (χ0n) is 15.6. The first-order chi connectivity index (χ1) is 14.3. The molecule has 0 N–H and O–H groups in total. The quantitative estimate of drug-likeness (QED) is 0.528. The number of amides is 1. The molecule has 0 spiro atoms. The van der Waals surface area contributed by atoms with Crippen molar-refractivity contribution in [3.63, 3.8) is 0 Å². The zero-order chi connectivity index (χ0) is 19.6. The molecule has 0 radical (unpaired) electrons. The van der Waals surface area contributed by atoms with E-state index in [9.17, 15) is 4.79 Å². The number of hydrogen-bond donors (Lipinski definition) is 0. The van der Waals surface area contributed by atoms with Crippen LogP contribution in [-0.4, -0.2) is 66.5 Å². The summed E-state index contributed by atoms with van der Waals surface area (Å²) in [4.78, 5) is 38.2. The number of carbonyl (C=O) groups is 1. The van der Waals surface area contributed by atoms with Gasteiger partial charge in [-0.15, -0.1) is 0 Å². The zero-order valence-corrected chi connectivity index (χ0v) is 15.6. The van der Waals surface area contributed by atoms with E-state index in [0.717, 1.165) is 22.7 Å². The standard InChI is InChI=1S/C20H18N8O/c29-20(15-1-2-16-17(11-15)23-4-3-22-16)27-9-7-26(8-10-27)18-12-19(25-13-24-18)28-6-5-21-14-28/h1-6,11-14H,7-10H2. The van der Waals surface area contributed by atoms with Crippen LogP contribution < -0.4 is 4.90 Å². The van der Waals surface area contributed by atoms with Gasteiger partial charge < -0.3 is 9.80 Å². The topological polar surface area (TPSA) is 92.9 Å². The molecule has 1 fully saturated rings. The Morgan fingerprint density at radius 1 is 0.828 bits per heavy atom. The summed E-state index contributed by atoms with van der Waals surface area (Å²) in [6, 6.07) is 7.39. The molecule has 0 bridgehead atoms. The van der Waals surface area contributed by atoms with Gasteiger partial charge in [0.15, 0.2) is 0 Å². The Hall–Kier alpha value is -3.88. The molecule has 144 valence electrons. The SMILES string of the molecule is O=C(c1ccc2nccnc2c1)N1CCN(c2cc(-n3ccnc3)ncn2)CC1. The van der Waals surface area contributed by atoms with Gasteiger partial charge in [-0.25, -0.2) is 15.0 Å². The van der Waals surface area contributed by atoms with Crippen molar-refractivity contribution in [3.8, 4) is 5.82 Å². The Balaban J connectivity index is 1.28. The third kappa shape index (κ3) is 3.38. The molecule has 1 aliphatic heterocycles. The molecule has 29 heavy (non-hydrogen) atoms. The highest BCUT2D eigenvalue weighted by Crippen LogP contribution is 2.18. The normalized spacial score (nSPS) is 14.3. The average molecular weight is 386 g/mol. The predicted octanol–water partition coefficient (Wildman–Crippen LogP) is 1.57. The van der Waals surface area contributed by atoms with Crippen LogP contribution in [0.5, 0.6) is 0 Å². The van der Waals surface area contributed by atoms with E-state index < -0.39 is 0 Å². The van der Waals surface area contributed by atoms with Crippen LogP contribution in [0.1, 0.15) is 10.4 Å². The summed E-state index contributed by atoms with van der Waals surface area (Å²) in [6.45, 7) is 2.67. The number of nitrogens with zero attached hydrogens (tertiary/aromatic N) is 8. The van der Waals surface area contributed by atoms with Gasteiger partial charge in [0, 0.05) is 62.6 Å². The van der Waals surface area contributed by atoms with E-state index in [1.54, 1.807) is 37.3 Å². The van der Waals surface area contributed by atoms with Crippen LogP contribution >= 0.6 is 0 Å². The Kier molecular flexibility index (Phi) is 4.32. The Morgan fingerprint density at radius 2 is 1.62 bits per heavy atom. The fourth-order valence-electron chi connectivity index (χ4n) is 3.46. The summed E-state index contributed by atoms with van der Waals surface area (Å²) in [6.07, 6.45) is 10.1. The Morgan fingerprint density at radius 3 is 2.41 bits per heavy atom. The first kappa shape index (κ1) is 17.2. The number of imidazole rings is 1. The van der Waals surface area contributed by atoms with Gasteiger partial charge in [0.2, 0.25) is 0 Å². The fourth-order valence-corrected chi connectivity index (χ4v) is 3.46. The lowest BCUT2D eigenvalue weighted by Crippen LogP contribution is -2.49. The Labute approximate surface area is 166 Å². The number of aromatic nitrogens is 6. The molecule has 9 heteroatoms. The average Bonchev–Trinajstić information content (AvgIpc) is 3.34. The first-order valence-corrected chi connectivity index (χ1v) is 9.33. The van der Waals surface area contributed by atoms with E-state index in [-0.39, 0.29) is 5.91 Å². The van der Waals surface area contributed by atoms with E-state index in [1.807, 2.05) is 33.9 Å². The lowest BCUT2D eigenvalue weighted by molar-refractivity contribution is 0.0746. The summed E-state index contributed by atoms with van der Waals surface area (Å²) in [5.74, 6) is 1.62. The van der Waals surface area contributed by atoms with Crippen molar-refractivity contribution >= 4 is 22.8 Å². The molecule has 0 atom stereocenters. The van der Waals surface area contributed by atoms with Crippen molar-refractivity contribution < 1.29 is 4.79 Å². The number of hydrogen-bond acceptors (Lipinski definition) is 7. The van der Waals surface area contributed by atoms with Crippen molar-refractivity contribution in [2.24, 2.45) is 0 Å². The summed E-state index contributed by atoms with van der Waals surface area (Å²) < 4.78 is 1.84. The van der Waals surface area contributed by atoms with Crippen LogP contribution in [0.15, 0.2) is 61.7 Å². The molecule has 4 heterocycles. The lowest BCUT2D eigenvalue weighted by Gasteiger charge is -2.35. The molecule has 9 nitrogen and oxygen atoms in total. The highest BCUT2D eigenvalue weighted by Gasteiger charge is 2.23. The number of benzene rings is 1. The number of carbonyl (C=O) groups excluding carboxylic acids is 1. The summed E-state index contributed by atoms with van der Waals surface area (Å²) in [5.41, 5.74) is 2.15. The second-order valence-electron chi connectivity index (χ2n) is 6.74. The van der Waals surface area contributed by atoms with Gasteiger partial charge in [-0.1, -0.05) is 0 Å². The van der Waals surface area contributed by atoms with Gasteiger partial charge in [0.25, 0.3) is 5.91 Å². The number of fused-ring (bicyclic) bond motifs is 1. The van der Waals surface area contributed by atoms with Gasteiger partial charge in [-0.2, -0.15) is 0 Å². The van der Waals surface area contributed by atoms with Crippen molar-refractivity contribution in [3.05, 3.63) is 67.3 Å². The van der Waals surface area contributed by atoms with Gasteiger partial charge in [-0.3, -0.25) is 19.3 Å². The molecule has 5 rings (SSSR count). The van der Waals surface area contributed by atoms with E-state index in [4.69, 9.17) is 0 Å². The molecule has 1 saturated heterocycles. The van der Waals surface area contributed by atoms with Crippen LogP contribution in [-0.2, 0) is 0 Å². The first-order valence-electron chi connectivity index (χ1n) is 9.33. The maximum absolute atomic E-state index is 12.9. The number of anilines is 1. The third-order valence-electron chi connectivity index (χ3n) is 5.01. The van der Waals surface area contributed by atoms with Crippen molar-refractivity contribution in [1.29, 1.82) is 0 Å². The number of rotatable bonds is 3. The van der Waals surface area contributed by atoms with Crippen LogP contribution in [0.3, 0.4) is 0 Å². The molecule has 1 amide bonds. The van der Waals surface area contributed by atoms with Crippen molar-refractivity contribution in [2.45, 2.75) is 0 Å². The van der Waals surface area contributed by atoms with Crippen LogP contribution in [0.4, 0.5) is 5.82 Å². The molecule has 0 unspecified atom stereocenters. The molecular formula is C20H18N8O. The van der Waals surface area contributed by atoms with Gasteiger partial charge in [0.1, 0.15) is 24.3 Å². The van der Waals surface area contributed by atoms with Crippen molar-refractivity contribution in [1.82, 2.24) is 34.4 Å². The third-order valence-corrected chi connectivity index (χ3v) is 5.01. The largest absolute Gasteiger partial charge is 0.353 e. The molecule has 0 saturated carbocycles. The monoisotopic (exact) mass is 386 g/mol. The van der Waals surface area contributed by atoms with Gasteiger partial charge in [-0.05, 0) is 18.2 Å². The minimum atomic E-state index is 0.0130. The maximum atomic E-state index is 12.9. The molecule has 4 aromatic rings. The minimum absolute atomic E-state index is 0.0130. The summed E-state index contributed by atoms with van der Waals surface area (Å²) >= 11 is 0. The molecule has 3 aromatic heterocycles. The highest BCUT2D eigenvalue weighted by atomic mass is 16.2. The van der Waals surface area contributed by atoms with E-state index in [0.29, 0.717) is 31.7 Å². The van der Waals surface area contributed by atoms with Gasteiger partial charge >= 0.3 is 0 Å². The smallest absolute Gasteiger partial charge is 0.254 e. The summed E-state index contributed by atoms with van der Waals surface area (Å²) in [5, 5.41) is 0. The molecule has 1 aromatic carbocycles. The van der Waals surface area contributed by atoms with Crippen LogP contribution in [0.2, 0.25) is 0 Å². The van der Waals surface area contributed by atoms with Crippen LogP contribution in [0, 0.1) is 0 Å².